The van der Waals surface area contributed by atoms with Crippen LogP contribution in [0.5, 0.6) is 5.75 Å². The minimum absolute atomic E-state index is 0. The molecule has 0 bridgehead atoms. The van der Waals surface area contributed by atoms with Crippen LogP contribution >= 0.6 is 12.4 Å². The van der Waals surface area contributed by atoms with Crippen molar-refractivity contribution in [3.05, 3.63) is 29.6 Å². The standard InChI is InChI=1S/C11H16FNO.ClH/c1-2-3-4-10(13)8-5-6-11(14)9(12)7-8;/h5-7,10,14H,2-4,13H2,1H3;1H/t10-;/m0./s1. The molecule has 0 saturated carbocycles. The Morgan fingerprint density at radius 1 is 1.47 bits per heavy atom. The van der Waals surface area contributed by atoms with Crippen molar-refractivity contribution < 1.29 is 9.50 Å². The number of nitrogens with two attached hydrogens (primary N) is 1. The summed E-state index contributed by atoms with van der Waals surface area (Å²) < 4.78 is 13.0. The van der Waals surface area contributed by atoms with Crippen LogP contribution in [0.25, 0.3) is 0 Å². The largest absolute Gasteiger partial charge is 0.505 e. The topological polar surface area (TPSA) is 46.2 Å². The van der Waals surface area contributed by atoms with Gasteiger partial charge in [-0.1, -0.05) is 25.8 Å². The molecule has 15 heavy (non-hydrogen) atoms. The van der Waals surface area contributed by atoms with Gasteiger partial charge >= 0.3 is 0 Å². The molecule has 2 nitrogen and oxygen atoms in total. The lowest BCUT2D eigenvalue weighted by Crippen LogP contribution is -2.10. The van der Waals surface area contributed by atoms with Crippen molar-refractivity contribution in [2.75, 3.05) is 0 Å². The third-order valence-electron chi connectivity index (χ3n) is 2.27. The average molecular weight is 234 g/mol. The SMILES string of the molecule is CCCC[C@H](N)c1ccc(O)c(F)c1.Cl. The summed E-state index contributed by atoms with van der Waals surface area (Å²) in [6.45, 7) is 2.09. The van der Waals surface area contributed by atoms with E-state index in [-0.39, 0.29) is 24.2 Å². The van der Waals surface area contributed by atoms with Crippen LogP contribution in [0.1, 0.15) is 37.8 Å². The van der Waals surface area contributed by atoms with Crippen LogP contribution in [-0.2, 0) is 0 Å². The highest BCUT2D eigenvalue weighted by molar-refractivity contribution is 5.85. The molecule has 86 valence electrons. The lowest BCUT2D eigenvalue weighted by molar-refractivity contribution is 0.431. The minimum Gasteiger partial charge on any atom is -0.505 e. The molecule has 1 rings (SSSR count). The van der Waals surface area contributed by atoms with Gasteiger partial charge in [-0.25, -0.2) is 4.39 Å². The fourth-order valence-electron chi connectivity index (χ4n) is 1.34. The first-order valence-electron chi connectivity index (χ1n) is 4.89. The average Bonchev–Trinajstić information content (AvgIpc) is 2.18. The monoisotopic (exact) mass is 233 g/mol. The maximum atomic E-state index is 13.0. The smallest absolute Gasteiger partial charge is 0.165 e. The number of phenolic OH excluding ortho intramolecular Hbond substituents is 1. The predicted molar refractivity (Wildman–Crippen MR) is 61.8 cm³/mol. The van der Waals surface area contributed by atoms with Crippen molar-refractivity contribution in [3.8, 4) is 5.75 Å². The summed E-state index contributed by atoms with van der Waals surface area (Å²) in [7, 11) is 0. The van der Waals surface area contributed by atoms with Crippen molar-refractivity contribution in [1.82, 2.24) is 0 Å². The van der Waals surface area contributed by atoms with Gasteiger partial charge < -0.3 is 10.8 Å². The second-order valence-corrected chi connectivity index (χ2v) is 3.46. The Hall–Kier alpha value is -0.800. The lowest BCUT2D eigenvalue weighted by atomic mass is 10.0. The van der Waals surface area contributed by atoms with E-state index in [1.807, 2.05) is 0 Å². The van der Waals surface area contributed by atoms with Gasteiger partial charge in [-0.3, -0.25) is 0 Å². The normalized spacial score (nSPS) is 11.9. The van der Waals surface area contributed by atoms with Gasteiger partial charge in [-0.2, -0.15) is 0 Å². The van der Waals surface area contributed by atoms with Crippen molar-refractivity contribution in [3.63, 3.8) is 0 Å². The summed E-state index contributed by atoms with van der Waals surface area (Å²) in [5.41, 5.74) is 6.60. The molecule has 0 unspecified atom stereocenters. The van der Waals surface area contributed by atoms with Gasteiger partial charge in [0.2, 0.25) is 0 Å². The highest BCUT2D eigenvalue weighted by atomic mass is 35.5. The van der Waals surface area contributed by atoms with E-state index in [1.54, 1.807) is 6.07 Å². The van der Waals surface area contributed by atoms with Crippen molar-refractivity contribution in [1.29, 1.82) is 0 Å². The van der Waals surface area contributed by atoms with Gasteiger partial charge in [0, 0.05) is 6.04 Å². The molecule has 0 heterocycles. The Kier molecular flexibility index (Phi) is 6.29. The number of rotatable bonds is 4. The lowest BCUT2D eigenvalue weighted by Gasteiger charge is -2.11. The first kappa shape index (κ1) is 14.2. The molecule has 0 radical (unpaired) electrons. The summed E-state index contributed by atoms with van der Waals surface area (Å²) in [6.07, 6.45) is 2.96. The van der Waals surface area contributed by atoms with E-state index >= 15 is 0 Å². The molecule has 4 heteroatoms. The highest BCUT2D eigenvalue weighted by Gasteiger charge is 2.08. The zero-order valence-corrected chi connectivity index (χ0v) is 9.56. The molecule has 0 aliphatic carbocycles. The van der Waals surface area contributed by atoms with Crippen LogP contribution in [0, 0.1) is 5.82 Å². The zero-order chi connectivity index (χ0) is 10.6. The maximum Gasteiger partial charge on any atom is 0.165 e. The van der Waals surface area contributed by atoms with Gasteiger partial charge in [0.05, 0.1) is 0 Å². The number of benzene rings is 1. The Labute approximate surface area is 95.7 Å². The summed E-state index contributed by atoms with van der Waals surface area (Å²) >= 11 is 0. The van der Waals surface area contributed by atoms with Gasteiger partial charge in [0.25, 0.3) is 0 Å². The van der Waals surface area contributed by atoms with Crippen molar-refractivity contribution in [2.24, 2.45) is 5.73 Å². The summed E-state index contributed by atoms with van der Waals surface area (Å²) in [5.74, 6) is -0.925. The Morgan fingerprint density at radius 3 is 2.67 bits per heavy atom. The van der Waals surface area contributed by atoms with Crippen LogP contribution in [0.15, 0.2) is 18.2 Å². The molecule has 0 saturated heterocycles. The summed E-state index contributed by atoms with van der Waals surface area (Å²) in [6, 6.07) is 4.18. The van der Waals surface area contributed by atoms with E-state index < -0.39 is 5.82 Å². The molecular weight excluding hydrogens is 217 g/mol. The van der Waals surface area contributed by atoms with Crippen LogP contribution in [0.4, 0.5) is 4.39 Å². The molecule has 0 aliphatic heterocycles. The maximum absolute atomic E-state index is 13.0. The first-order valence-corrected chi connectivity index (χ1v) is 4.89. The fraction of sp³-hybridized carbons (Fsp3) is 0.455. The van der Waals surface area contributed by atoms with Crippen LogP contribution in [-0.4, -0.2) is 5.11 Å². The molecule has 0 spiro atoms. The third kappa shape index (κ3) is 4.06. The number of halogens is 2. The Bertz CT molecular complexity index is 307. The highest BCUT2D eigenvalue weighted by Crippen LogP contribution is 2.22. The molecule has 0 aliphatic rings. The molecule has 1 aromatic carbocycles. The van der Waals surface area contributed by atoms with Crippen LogP contribution in [0.2, 0.25) is 0 Å². The molecule has 0 fully saturated rings. The quantitative estimate of drug-likeness (QED) is 0.839. The number of hydrogen-bond acceptors (Lipinski definition) is 2. The van der Waals surface area contributed by atoms with E-state index in [9.17, 15) is 4.39 Å². The molecule has 1 aromatic rings. The van der Waals surface area contributed by atoms with Crippen LogP contribution < -0.4 is 5.73 Å². The number of aromatic hydroxyl groups is 1. The number of unbranched alkanes of at least 4 members (excludes halogenated alkanes) is 1. The molecular formula is C11H17ClFNO. The number of phenols is 1. The zero-order valence-electron chi connectivity index (χ0n) is 8.74. The minimum atomic E-state index is -0.602. The second-order valence-electron chi connectivity index (χ2n) is 3.46. The van der Waals surface area contributed by atoms with Gasteiger partial charge in [-0.05, 0) is 24.1 Å². The van der Waals surface area contributed by atoms with Gasteiger partial charge in [-0.15, -0.1) is 12.4 Å². The second kappa shape index (κ2) is 6.64. The fourth-order valence-corrected chi connectivity index (χ4v) is 1.34. The molecule has 0 aromatic heterocycles. The van der Waals surface area contributed by atoms with Crippen molar-refractivity contribution >= 4 is 12.4 Å². The van der Waals surface area contributed by atoms with E-state index in [4.69, 9.17) is 10.8 Å². The summed E-state index contributed by atoms with van der Waals surface area (Å²) in [5, 5.41) is 8.99. The Morgan fingerprint density at radius 2 is 2.13 bits per heavy atom. The first-order chi connectivity index (χ1) is 6.65. The van der Waals surface area contributed by atoms with Gasteiger partial charge in [0.15, 0.2) is 11.6 Å². The summed E-state index contributed by atoms with van der Waals surface area (Å²) in [4.78, 5) is 0. The molecule has 1 atom stereocenters. The third-order valence-corrected chi connectivity index (χ3v) is 2.27. The van der Waals surface area contributed by atoms with Crippen LogP contribution in [0.3, 0.4) is 0 Å². The Balaban J connectivity index is 0.00000196. The van der Waals surface area contributed by atoms with E-state index in [0.29, 0.717) is 0 Å². The van der Waals surface area contributed by atoms with Gasteiger partial charge in [0.1, 0.15) is 0 Å². The van der Waals surface area contributed by atoms with E-state index in [0.717, 1.165) is 24.8 Å². The van der Waals surface area contributed by atoms with E-state index in [2.05, 4.69) is 6.92 Å². The van der Waals surface area contributed by atoms with Crippen molar-refractivity contribution in [2.45, 2.75) is 32.2 Å². The molecule has 3 N–H and O–H groups in total. The molecule has 0 amide bonds. The van der Waals surface area contributed by atoms with E-state index in [1.165, 1.54) is 12.1 Å². The number of hydrogen-bond donors (Lipinski definition) is 2. The predicted octanol–water partition coefficient (Wildman–Crippen LogP) is 3.14.